The molecule has 0 aliphatic heterocycles. The standard InChI is InChI=1S/C35H36N2O2/c1-25(2)26(3)36-35(38)22-32(28-15-12-18-30(21-28)39-29-16-8-5-9-17-29)33-24-37(23-27-13-6-4-7-14-27)34-20-11-10-19-31(33)34/h4-21,24-26,32H,22-23H2,1-3H3,(H,36,38)/t26-,32-/m1/s1. The van der Waals surface area contributed by atoms with E-state index < -0.39 is 0 Å². The van der Waals surface area contributed by atoms with Crippen molar-refractivity contribution < 1.29 is 9.53 Å². The van der Waals surface area contributed by atoms with Gasteiger partial charge >= 0.3 is 0 Å². The van der Waals surface area contributed by atoms with Gasteiger partial charge in [0.1, 0.15) is 11.5 Å². The molecule has 39 heavy (non-hydrogen) atoms. The number of nitrogens with zero attached hydrogens (tertiary/aromatic N) is 1. The Bertz CT molecular complexity index is 1520. The Labute approximate surface area is 231 Å². The highest BCUT2D eigenvalue weighted by Crippen LogP contribution is 2.37. The molecule has 1 heterocycles. The molecule has 4 aromatic carbocycles. The maximum Gasteiger partial charge on any atom is 0.221 e. The summed E-state index contributed by atoms with van der Waals surface area (Å²) >= 11 is 0. The van der Waals surface area contributed by atoms with Crippen molar-refractivity contribution in [3.8, 4) is 11.5 Å². The quantitative estimate of drug-likeness (QED) is 0.203. The van der Waals surface area contributed by atoms with E-state index in [0.717, 1.165) is 40.1 Å². The number of aromatic nitrogens is 1. The monoisotopic (exact) mass is 516 g/mol. The van der Waals surface area contributed by atoms with Crippen molar-refractivity contribution in [1.82, 2.24) is 9.88 Å². The Morgan fingerprint density at radius 1 is 0.795 bits per heavy atom. The van der Waals surface area contributed by atoms with Crippen molar-refractivity contribution in [3.63, 3.8) is 0 Å². The fourth-order valence-electron chi connectivity index (χ4n) is 4.96. The highest BCUT2D eigenvalue weighted by molar-refractivity contribution is 5.87. The Morgan fingerprint density at radius 3 is 2.21 bits per heavy atom. The van der Waals surface area contributed by atoms with Crippen molar-refractivity contribution in [2.24, 2.45) is 5.92 Å². The molecule has 1 aromatic heterocycles. The van der Waals surface area contributed by atoms with E-state index in [1.807, 2.05) is 48.5 Å². The van der Waals surface area contributed by atoms with Crippen LogP contribution in [0, 0.1) is 5.92 Å². The number of rotatable bonds is 10. The maximum atomic E-state index is 13.4. The average Bonchev–Trinajstić information content (AvgIpc) is 3.31. The van der Waals surface area contributed by atoms with Gasteiger partial charge in [-0.15, -0.1) is 0 Å². The number of carbonyl (C=O) groups excluding carboxylic acids is 1. The first kappa shape index (κ1) is 26.3. The molecule has 0 bridgehead atoms. The summed E-state index contributed by atoms with van der Waals surface area (Å²) in [5.74, 6) is 1.82. The number of fused-ring (bicyclic) bond motifs is 1. The maximum absolute atomic E-state index is 13.4. The van der Waals surface area contributed by atoms with E-state index in [1.165, 1.54) is 5.56 Å². The van der Waals surface area contributed by atoms with Gasteiger partial charge in [0, 0.05) is 42.0 Å². The molecule has 0 spiro atoms. The number of hydrogen-bond donors (Lipinski definition) is 1. The molecule has 2 atom stereocenters. The van der Waals surface area contributed by atoms with E-state index in [4.69, 9.17) is 4.74 Å². The van der Waals surface area contributed by atoms with Crippen LogP contribution in [-0.4, -0.2) is 16.5 Å². The van der Waals surface area contributed by atoms with E-state index in [1.54, 1.807) is 0 Å². The van der Waals surface area contributed by atoms with Gasteiger partial charge in [0.15, 0.2) is 0 Å². The van der Waals surface area contributed by atoms with Crippen molar-refractivity contribution in [2.45, 2.75) is 45.7 Å². The Balaban J connectivity index is 1.55. The van der Waals surface area contributed by atoms with Gasteiger partial charge < -0.3 is 14.6 Å². The third-order valence-electron chi connectivity index (χ3n) is 7.41. The summed E-state index contributed by atoms with van der Waals surface area (Å²) in [6.45, 7) is 7.09. The highest BCUT2D eigenvalue weighted by Gasteiger charge is 2.24. The smallest absolute Gasteiger partial charge is 0.221 e. The summed E-state index contributed by atoms with van der Waals surface area (Å²) in [6, 6.07) is 37.0. The molecule has 1 amide bonds. The Hall–Kier alpha value is -4.31. The van der Waals surface area contributed by atoms with Crippen molar-refractivity contribution in [2.75, 3.05) is 0 Å². The first-order chi connectivity index (χ1) is 19.0. The average molecular weight is 517 g/mol. The molecule has 0 saturated carbocycles. The summed E-state index contributed by atoms with van der Waals surface area (Å²) in [7, 11) is 0. The molecule has 1 N–H and O–H groups in total. The third-order valence-corrected chi connectivity index (χ3v) is 7.41. The lowest BCUT2D eigenvalue weighted by atomic mass is 9.87. The zero-order valence-electron chi connectivity index (χ0n) is 22.9. The van der Waals surface area contributed by atoms with Crippen molar-refractivity contribution >= 4 is 16.8 Å². The van der Waals surface area contributed by atoms with E-state index in [0.29, 0.717) is 12.3 Å². The molecule has 4 heteroatoms. The minimum Gasteiger partial charge on any atom is -0.457 e. The SMILES string of the molecule is CC(C)[C@@H](C)NC(=O)C[C@H](c1cccc(Oc2ccccc2)c1)c1cn(Cc2ccccc2)c2ccccc12. The molecule has 0 aliphatic carbocycles. The normalized spacial score (nSPS) is 12.8. The molecule has 198 valence electrons. The fourth-order valence-corrected chi connectivity index (χ4v) is 4.96. The molecule has 5 rings (SSSR count). The molecule has 0 fully saturated rings. The highest BCUT2D eigenvalue weighted by atomic mass is 16.5. The number of para-hydroxylation sites is 2. The van der Waals surface area contributed by atoms with Gasteiger partial charge in [0.25, 0.3) is 0 Å². The van der Waals surface area contributed by atoms with Gasteiger partial charge in [-0.2, -0.15) is 0 Å². The second kappa shape index (κ2) is 12.0. The van der Waals surface area contributed by atoms with E-state index in [9.17, 15) is 4.79 Å². The summed E-state index contributed by atoms with van der Waals surface area (Å²) < 4.78 is 8.47. The molecule has 4 nitrogen and oxygen atoms in total. The molecule has 0 unspecified atom stereocenters. The van der Waals surface area contributed by atoms with Gasteiger partial charge in [-0.1, -0.05) is 92.7 Å². The fraction of sp³-hybridized carbons (Fsp3) is 0.229. The van der Waals surface area contributed by atoms with Crippen LogP contribution < -0.4 is 10.1 Å². The Morgan fingerprint density at radius 2 is 1.46 bits per heavy atom. The predicted octanol–water partition coefficient (Wildman–Crippen LogP) is 8.16. The molecule has 0 radical (unpaired) electrons. The molecule has 0 saturated heterocycles. The first-order valence-corrected chi connectivity index (χ1v) is 13.7. The zero-order chi connectivity index (χ0) is 27.2. The van der Waals surface area contributed by atoms with Crippen LogP contribution in [0.1, 0.15) is 49.8 Å². The molecular formula is C35H36N2O2. The van der Waals surface area contributed by atoms with Crippen LogP contribution >= 0.6 is 0 Å². The zero-order valence-corrected chi connectivity index (χ0v) is 22.9. The largest absolute Gasteiger partial charge is 0.457 e. The van der Waals surface area contributed by atoms with Crippen LogP contribution in [0.15, 0.2) is 115 Å². The van der Waals surface area contributed by atoms with Crippen LogP contribution in [-0.2, 0) is 11.3 Å². The Kier molecular flexibility index (Phi) is 8.12. The number of ether oxygens (including phenoxy) is 1. The second-order valence-electron chi connectivity index (χ2n) is 10.6. The summed E-state index contributed by atoms with van der Waals surface area (Å²) in [4.78, 5) is 13.4. The van der Waals surface area contributed by atoms with Crippen LogP contribution in [0.5, 0.6) is 11.5 Å². The lowest BCUT2D eigenvalue weighted by Crippen LogP contribution is -2.36. The number of benzene rings is 4. The van der Waals surface area contributed by atoms with Crippen molar-refractivity contribution in [1.29, 1.82) is 0 Å². The van der Waals surface area contributed by atoms with Gasteiger partial charge in [0.2, 0.25) is 5.91 Å². The minimum atomic E-state index is -0.134. The van der Waals surface area contributed by atoms with E-state index in [-0.39, 0.29) is 17.9 Å². The number of carbonyl (C=O) groups is 1. The summed E-state index contributed by atoms with van der Waals surface area (Å²) in [6.07, 6.45) is 2.58. The summed E-state index contributed by atoms with van der Waals surface area (Å²) in [5, 5.41) is 4.39. The van der Waals surface area contributed by atoms with Gasteiger partial charge in [0.05, 0.1) is 0 Å². The summed E-state index contributed by atoms with van der Waals surface area (Å²) in [5.41, 5.74) is 4.60. The third kappa shape index (κ3) is 6.40. The van der Waals surface area contributed by atoms with Gasteiger partial charge in [-0.05, 0) is 59.9 Å². The van der Waals surface area contributed by atoms with Crippen LogP contribution in [0.2, 0.25) is 0 Å². The van der Waals surface area contributed by atoms with Crippen LogP contribution in [0.3, 0.4) is 0 Å². The van der Waals surface area contributed by atoms with Crippen LogP contribution in [0.25, 0.3) is 10.9 Å². The van der Waals surface area contributed by atoms with Gasteiger partial charge in [-0.3, -0.25) is 4.79 Å². The lowest BCUT2D eigenvalue weighted by Gasteiger charge is -2.22. The van der Waals surface area contributed by atoms with E-state index >= 15 is 0 Å². The number of hydrogen-bond acceptors (Lipinski definition) is 2. The molecule has 5 aromatic rings. The molecular weight excluding hydrogens is 480 g/mol. The second-order valence-corrected chi connectivity index (χ2v) is 10.6. The topological polar surface area (TPSA) is 43.3 Å². The van der Waals surface area contributed by atoms with Gasteiger partial charge in [-0.25, -0.2) is 0 Å². The minimum absolute atomic E-state index is 0.0514. The first-order valence-electron chi connectivity index (χ1n) is 13.7. The molecule has 0 aliphatic rings. The number of amides is 1. The predicted molar refractivity (Wildman–Crippen MR) is 159 cm³/mol. The van der Waals surface area contributed by atoms with E-state index in [2.05, 4.69) is 97.5 Å². The number of nitrogens with one attached hydrogen (secondary N) is 1. The van der Waals surface area contributed by atoms with Crippen molar-refractivity contribution in [3.05, 3.63) is 132 Å². The van der Waals surface area contributed by atoms with Crippen LogP contribution in [0.4, 0.5) is 0 Å². The lowest BCUT2D eigenvalue weighted by molar-refractivity contribution is -0.122.